The Balaban J connectivity index is 2.02. The summed E-state index contributed by atoms with van der Waals surface area (Å²) < 4.78 is 0. The van der Waals surface area contributed by atoms with Crippen LogP contribution in [0.2, 0.25) is 0 Å². The van der Waals surface area contributed by atoms with Crippen LogP contribution in [-0.4, -0.2) is 5.78 Å². The molecule has 0 heterocycles. The van der Waals surface area contributed by atoms with Crippen LogP contribution in [0.25, 0.3) is 11.1 Å². The summed E-state index contributed by atoms with van der Waals surface area (Å²) in [6.07, 6.45) is 6.37. The molecule has 0 aliphatic heterocycles. The molecule has 3 nitrogen and oxygen atoms in total. The number of hydrogen-bond donors (Lipinski definition) is 2. The molecule has 0 fully saturated rings. The van der Waals surface area contributed by atoms with Crippen molar-refractivity contribution in [3.8, 4) is 11.1 Å². The van der Waals surface area contributed by atoms with E-state index in [0.29, 0.717) is 0 Å². The molecular weight excluding hydrogens is 260 g/mol. The van der Waals surface area contributed by atoms with Gasteiger partial charge in [-0.1, -0.05) is 30.3 Å². The number of allylic oxidation sites excluding steroid dienone is 3. The second-order valence-electron chi connectivity index (χ2n) is 4.58. The zero-order chi connectivity index (χ0) is 15.1. The fraction of sp³-hybridized carbons (Fsp3) is 0.0556. The minimum Gasteiger partial charge on any atom is -0.399 e. The number of carbonyl (C=O) groups is 1. The molecule has 3 heteroatoms. The Morgan fingerprint density at radius 3 is 2.10 bits per heavy atom. The first-order valence-electron chi connectivity index (χ1n) is 6.75. The van der Waals surface area contributed by atoms with Crippen molar-refractivity contribution in [1.29, 1.82) is 0 Å². The maximum atomic E-state index is 11.3. The average Bonchev–Trinajstić information content (AvgIpc) is 2.49. The van der Waals surface area contributed by atoms with Gasteiger partial charge in [0, 0.05) is 23.7 Å². The molecule has 0 amide bonds. The number of carbonyl (C=O) groups excluding carboxylic acids is 1. The van der Waals surface area contributed by atoms with Crippen molar-refractivity contribution in [3.05, 3.63) is 73.0 Å². The van der Waals surface area contributed by atoms with Crippen molar-refractivity contribution in [2.24, 2.45) is 0 Å². The van der Waals surface area contributed by atoms with E-state index < -0.39 is 0 Å². The third-order valence-corrected chi connectivity index (χ3v) is 2.96. The molecule has 0 radical (unpaired) electrons. The van der Waals surface area contributed by atoms with Gasteiger partial charge in [0.2, 0.25) is 0 Å². The van der Waals surface area contributed by atoms with Gasteiger partial charge in [-0.15, -0.1) is 0 Å². The summed E-state index contributed by atoms with van der Waals surface area (Å²) in [7, 11) is 0. The number of nitrogens with one attached hydrogen (secondary N) is 1. The molecule has 0 spiro atoms. The first-order chi connectivity index (χ1) is 10.2. The van der Waals surface area contributed by atoms with Crippen LogP contribution in [0.15, 0.2) is 73.0 Å². The maximum Gasteiger partial charge on any atom is 0.179 e. The number of nitrogen functional groups attached to an aromatic ring is 1. The molecule has 3 N–H and O–H groups in total. The average molecular weight is 278 g/mol. The number of anilines is 2. The van der Waals surface area contributed by atoms with Crippen molar-refractivity contribution in [2.75, 3.05) is 11.1 Å². The van der Waals surface area contributed by atoms with E-state index in [-0.39, 0.29) is 5.78 Å². The van der Waals surface area contributed by atoms with Crippen LogP contribution >= 0.6 is 0 Å². The molecule has 21 heavy (non-hydrogen) atoms. The third-order valence-electron chi connectivity index (χ3n) is 2.96. The molecule has 2 rings (SSSR count). The van der Waals surface area contributed by atoms with Crippen LogP contribution < -0.4 is 11.1 Å². The summed E-state index contributed by atoms with van der Waals surface area (Å²) >= 11 is 0. The van der Waals surface area contributed by atoms with E-state index >= 15 is 0 Å². The lowest BCUT2D eigenvalue weighted by atomic mass is 10.1. The van der Waals surface area contributed by atoms with Crippen LogP contribution in [0.4, 0.5) is 11.4 Å². The summed E-state index contributed by atoms with van der Waals surface area (Å²) in [4.78, 5) is 11.3. The Bertz CT molecular complexity index is 653. The van der Waals surface area contributed by atoms with Gasteiger partial charge in [0.05, 0.1) is 0 Å². The van der Waals surface area contributed by atoms with Gasteiger partial charge in [-0.2, -0.15) is 0 Å². The standard InChI is InChI=1S/C18H18N2O/c1-2-3-18(21)12-13-20-17-10-6-15(7-11-17)14-4-8-16(19)9-5-14/h2-13,20H,19H2,1H3/b3-2-,13-12?. The lowest BCUT2D eigenvalue weighted by molar-refractivity contribution is -0.110. The lowest BCUT2D eigenvalue weighted by Gasteiger charge is -2.05. The maximum absolute atomic E-state index is 11.3. The van der Waals surface area contributed by atoms with E-state index in [4.69, 9.17) is 5.73 Å². The van der Waals surface area contributed by atoms with Crippen molar-refractivity contribution in [2.45, 2.75) is 6.92 Å². The molecule has 0 aliphatic carbocycles. The van der Waals surface area contributed by atoms with Gasteiger partial charge in [0.25, 0.3) is 0 Å². The summed E-state index contributed by atoms with van der Waals surface area (Å²) in [5.74, 6) is -0.0384. The van der Waals surface area contributed by atoms with Crippen molar-refractivity contribution in [3.63, 3.8) is 0 Å². The van der Waals surface area contributed by atoms with E-state index in [2.05, 4.69) is 5.32 Å². The summed E-state index contributed by atoms with van der Waals surface area (Å²) in [6.45, 7) is 1.81. The Morgan fingerprint density at radius 1 is 0.952 bits per heavy atom. The second kappa shape index (κ2) is 7.10. The zero-order valence-corrected chi connectivity index (χ0v) is 11.9. The van der Waals surface area contributed by atoms with E-state index in [1.807, 2.05) is 55.5 Å². The van der Waals surface area contributed by atoms with Gasteiger partial charge >= 0.3 is 0 Å². The van der Waals surface area contributed by atoms with Gasteiger partial charge in [0.15, 0.2) is 5.78 Å². The molecule has 0 bridgehead atoms. The molecule has 0 aliphatic rings. The van der Waals surface area contributed by atoms with Gasteiger partial charge in [-0.25, -0.2) is 0 Å². The van der Waals surface area contributed by atoms with E-state index in [9.17, 15) is 4.79 Å². The Labute approximate surface area is 124 Å². The van der Waals surface area contributed by atoms with Gasteiger partial charge in [0.1, 0.15) is 0 Å². The smallest absolute Gasteiger partial charge is 0.179 e. The Morgan fingerprint density at radius 2 is 1.52 bits per heavy atom. The minimum absolute atomic E-state index is 0.0384. The van der Waals surface area contributed by atoms with E-state index in [0.717, 1.165) is 22.5 Å². The Kier molecular flexibility index (Phi) is 4.94. The molecule has 0 unspecified atom stereocenters. The monoisotopic (exact) mass is 278 g/mol. The first-order valence-corrected chi connectivity index (χ1v) is 6.75. The number of nitrogens with two attached hydrogens (primary N) is 1. The van der Waals surface area contributed by atoms with Gasteiger partial charge < -0.3 is 11.1 Å². The number of ketones is 1. The highest BCUT2D eigenvalue weighted by Gasteiger charge is 1.97. The van der Waals surface area contributed by atoms with Crippen molar-refractivity contribution < 1.29 is 4.79 Å². The van der Waals surface area contributed by atoms with Crippen LogP contribution in [0.1, 0.15) is 6.92 Å². The highest BCUT2D eigenvalue weighted by Crippen LogP contribution is 2.22. The Hall–Kier alpha value is -2.81. The third kappa shape index (κ3) is 4.35. The van der Waals surface area contributed by atoms with Gasteiger partial charge in [-0.3, -0.25) is 4.79 Å². The zero-order valence-electron chi connectivity index (χ0n) is 11.9. The fourth-order valence-electron chi connectivity index (χ4n) is 1.87. The quantitative estimate of drug-likeness (QED) is 0.642. The number of benzene rings is 2. The van der Waals surface area contributed by atoms with Crippen molar-refractivity contribution >= 4 is 17.2 Å². The summed E-state index contributed by atoms with van der Waals surface area (Å²) in [5, 5.41) is 3.07. The van der Waals surface area contributed by atoms with E-state index in [1.165, 1.54) is 12.2 Å². The lowest BCUT2D eigenvalue weighted by Crippen LogP contribution is -1.91. The topological polar surface area (TPSA) is 55.1 Å². The number of rotatable bonds is 5. The summed E-state index contributed by atoms with van der Waals surface area (Å²) in [5.41, 5.74) is 9.61. The van der Waals surface area contributed by atoms with Crippen LogP contribution in [0, 0.1) is 0 Å². The molecule has 2 aromatic rings. The molecular formula is C18H18N2O. The number of hydrogen-bond acceptors (Lipinski definition) is 3. The summed E-state index contributed by atoms with van der Waals surface area (Å²) in [6, 6.07) is 15.7. The highest BCUT2D eigenvalue weighted by molar-refractivity contribution is 5.99. The molecule has 2 aromatic carbocycles. The van der Waals surface area contributed by atoms with Gasteiger partial charge in [-0.05, 0) is 48.4 Å². The SMILES string of the molecule is C/C=C\C(=O)C=CNc1ccc(-c2ccc(N)cc2)cc1. The minimum atomic E-state index is -0.0384. The highest BCUT2D eigenvalue weighted by atomic mass is 16.1. The van der Waals surface area contributed by atoms with Crippen LogP contribution in [-0.2, 0) is 4.79 Å². The van der Waals surface area contributed by atoms with Crippen LogP contribution in [0.3, 0.4) is 0 Å². The molecule has 0 saturated carbocycles. The second-order valence-corrected chi connectivity index (χ2v) is 4.58. The molecule has 106 valence electrons. The molecule has 0 saturated heterocycles. The first kappa shape index (κ1) is 14.6. The predicted octanol–water partition coefficient (Wildman–Crippen LogP) is 4.01. The predicted molar refractivity (Wildman–Crippen MR) is 88.9 cm³/mol. The normalized spacial score (nSPS) is 11.1. The molecule has 0 aromatic heterocycles. The van der Waals surface area contributed by atoms with Crippen LogP contribution in [0.5, 0.6) is 0 Å². The molecule has 0 atom stereocenters. The van der Waals surface area contributed by atoms with Crippen molar-refractivity contribution in [1.82, 2.24) is 0 Å². The fourth-order valence-corrected chi connectivity index (χ4v) is 1.87. The van der Waals surface area contributed by atoms with E-state index in [1.54, 1.807) is 12.3 Å². The largest absolute Gasteiger partial charge is 0.399 e.